The van der Waals surface area contributed by atoms with Crippen LogP contribution in [0.5, 0.6) is 0 Å². The molecule has 2 rings (SSSR count). The summed E-state index contributed by atoms with van der Waals surface area (Å²) in [4.78, 5) is 17.8. The quantitative estimate of drug-likeness (QED) is 0.765. The van der Waals surface area contributed by atoms with E-state index in [2.05, 4.69) is 16.9 Å². The molecule has 0 radical (unpaired) electrons. The number of likely N-dealkylation sites (N-methyl/N-ethyl adjacent to an activating group) is 1. The highest BCUT2D eigenvalue weighted by Crippen LogP contribution is 2.17. The lowest BCUT2D eigenvalue weighted by molar-refractivity contribution is 0.0957. The van der Waals surface area contributed by atoms with Crippen LogP contribution >= 0.6 is 0 Å². The van der Waals surface area contributed by atoms with E-state index in [1.807, 2.05) is 0 Å². The SMILES string of the molecule is C=CCNC(=O)c1ccc(N(C)CC(O)c2ccc(F)cc2)nc1. The Balaban J connectivity index is 1.99. The number of aliphatic hydroxyl groups excluding tert-OH is 1. The van der Waals surface area contributed by atoms with Gasteiger partial charge in [-0.2, -0.15) is 0 Å². The van der Waals surface area contributed by atoms with Crippen LogP contribution in [0.2, 0.25) is 0 Å². The zero-order valence-corrected chi connectivity index (χ0v) is 13.4. The van der Waals surface area contributed by atoms with Crippen molar-refractivity contribution in [2.45, 2.75) is 6.10 Å². The third-order valence-corrected chi connectivity index (χ3v) is 3.51. The second kappa shape index (κ2) is 8.21. The Morgan fingerprint density at radius 2 is 2.08 bits per heavy atom. The van der Waals surface area contributed by atoms with E-state index in [4.69, 9.17) is 0 Å². The lowest BCUT2D eigenvalue weighted by atomic mass is 10.1. The minimum atomic E-state index is -0.770. The zero-order chi connectivity index (χ0) is 17.5. The maximum absolute atomic E-state index is 12.9. The van der Waals surface area contributed by atoms with E-state index in [0.29, 0.717) is 30.0 Å². The number of carbonyl (C=O) groups is 1. The Bertz CT molecular complexity index is 686. The molecule has 1 unspecified atom stereocenters. The lowest BCUT2D eigenvalue weighted by Crippen LogP contribution is -2.26. The number of hydrogen-bond acceptors (Lipinski definition) is 4. The van der Waals surface area contributed by atoms with Gasteiger partial charge < -0.3 is 15.3 Å². The number of benzene rings is 1. The Morgan fingerprint density at radius 3 is 2.67 bits per heavy atom. The van der Waals surface area contributed by atoms with E-state index < -0.39 is 6.10 Å². The van der Waals surface area contributed by atoms with Gasteiger partial charge in [0.15, 0.2) is 0 Å². The summed E-state index contributed by atoms with van der Waals surface area (Å²) >= 11 is 0. The van der Waals surface area contributed by atoms with Crippen molar-refractivity contribution in [1.82, 2.24) is 10.3 Å². The first-order valence-electron chi connectivity index (χ1n) is 7.51. The highest BCUT2D eigenvalue weighted by atomic mass is 19.1. The third kappa shape index (κ3) is 4.63. The minimum Gasteiger partial charge on any atom is -0.387 e. The second-order valence-corrected chi connectivity index (χ2v) is 5.35. The van der Waals surface area contributed by atoms with E-state index in [-0.39, 0.29) is 11.7 Å². The molecule has 0 aliphatic rings. The number of hydrogen-bond donors (Lipinski definition) is 2. The predicted molar refractivity (Wildman–Crippen MR) is 91.4 cm³/mol. The Labute approximate surface area is 140 Å². The summed E-state index contributed by atoms with van der Waals surface area (Å²) in [5.41, 5.74) is 1.08. The molecule has 1 aromatic carbocycles. The molecule has 24 heavy (non-hydrogen) atoms. The summed E-state index contributed by atoms with van der Waals surface area (Å²) in [5, 5.41) is 12.9. The molecule has 0 aliphatic heterocycles. The maximum Gasteiger partial charge on any atom is 0.253 e. The van der Waals surface area contributed by atoms with Crippen LogP contribution in [0.4, 0.5) is 10.2 Å². The van der Waals surface area contributed by atoms with E-state index in [0.717, 1.165) is 0 Å². The number of nitrogens with zero attached hydrogens (tertiary/aromatic N) is 2. The van der Waals surface area contributed by atoms with Gasteiger partial charge in [0.1, 0.15) is 11.6 Å². The highest BCUT2D eigenvalue weighted by Gasteiger charge is 2.13. The van der Waals surface area contributed by atoms with Gasteiger partial charge in [-0.1, -0.05) is 18.2 Å². The number of aliphatic hydroxyl groups is 1. The average Bonchev–Trinajstić information content (AvgIpc) is 2.60. The molecule has 0 fully saturated rings. The third-order valence-electron chi connectivity index (χ3n) is 3.51. The number of aromatic nitrogens is 1. The number of halogens is 1. The van der Waals surface area contributed by atoms with E-state index in [1.165, 1.54) is 18.3 Å². The normalized spacial score (nSPS) is 11.6. The monoisotopic (exact) mass is 329 g/mol. The lowest BCUT2D eigenvalue weighted by Gasteiger charge is -2.22. The molecule has 1 atom stereocenters. The summed E-state index contributed by atoms with van der Waals surface area (Å²) in [6.45, 7) is 4.22. The average molecular weight is 329 g/mol. The molecule has 126 valence electrons. The molecular formula is C18H20FN3O2. The molecule has 1 heterocycles. The molecule has 2 aromatic rings. The Morgan fingerprint density at radius 1 is 1.38 bits per heavy atom. The van der Waals surface area contributed by atoms with Crippen molar-refractivity contribution < 1.29 is 14.3 Å². The number of carbonyl (C=O) groups excluding carboxylic acids is 1. The van der Waals surface area contributed by atoms with E-state index >= 15 is 0 Å². The van der Waals surface area contributed by atoms with Gasteiger partial charge in [0, 0.05) is 26.3 Å². The molecule has 0 spiro atoms. The smallest absolute Gasteiger partial charge is 0.253 e. The van der Waals surface area contributed by atoms with Crippen LogP contribution in [0.25, 0.3) is 0 Å². The van der Waals surface area contributed by atoms with Crippen LogP contribution in [0, 0.1) is 5.82 Å². The summed E-state index contributed by atoms with van der Waals surface area (Å²) in [7, 11) is 1.78. The summed E-state index contributed by atoms with van der Waals surface area (Å²) in [5.74, 6) is 0.0608. The molecule has 0 aliphatic carbocycles. The van der Waals surface area contributed by atoms with Crippen molar-refractivity contribution in [1.29, 1.82) is 0 Å². The van der Waals surface area contributed by atoms with Crippen LogP contribution in [0.15, 0.2) is 55.3 Å². The molecule has 0 saturated heterocycles. The molecule has 1 aromatic heterocycles. The summed E-state index contributed by atoms with van der Waals surface area (Å²) in [6, 6.07) is 9.10. The minimum absolute atomic E-state index is 0.219. The molecule has 1 amide bonds. The van der Waals surface area contributed by atoms with Gasteiger partial charge in [-0.25, -0.2) is 9.37 Å². The topological polar surface area (TPSA) is 65.5 Å². The number of anilines is 1. The van der Waals surface area contributed by atoms with E-state index in [1.54, 1.807) is 42.3 Å². The molecule has 6 heteroatoms. The number of pyridine rings is 1. The van der Waals surface area contributed by atoms with Crippen molar-refractivity contribution in [2.24, 2.45) is 0 Å². The van der Waals surface area contributed by atoms with Gasteiger partial charge >= 0.3 is 0 Å². The van der Waals surface area contributed by atoms with Gasteiger partial charge in [-0.3, -0.25) is 4.79 Å². The zero-order valence-electron chi connectivity index (χ0n) is 13.4. The first-order valence-corrected chi connectivity index (χ1v) is 7.51. The van der Waals surface area contributed by atoms with Crippen LogP contribution < -0.4 is 10.2 Å². The molecular weight excluding hydrogens is 309 g/mol. The standard InChI is InChI=1S/C18H20FN3O2/c1-3-10-20-18(24)14-6-9-17(21-11-14)22(2)12-16(23)13-4-7-15(19)8-5-13/h3-9,11,16,23H,1,10,12H2,2H3,(H,20,24). The molecule has 0 saturated carbocycles. The number of rotatable bonds is 7. The second-order valence-electron chi connectivity index (χ2n) is 5.35. The molecule has 5 nitrogen and oxygen atoms in total. The van der Waals surface area contributed by atoms with Crippen molar-refractivity contribution in [3.8, 4) is 0 Å². The van der Waals surface area contributed by atoms with Gasteiger partial charge in [0.2, 0.25) is 0 Å². The number of nitrogens with one attached hydrogen (secondary N) is 1. The van der Waals surface area contributed by atoms with Crippen molar-refractivity contribution in [2.75, 3.05) is 25.0 Å². The largest absolute Gasteiger partial charge is 0.387 e. The summed E-state index contributed by atoms with van der Waals surface area (Å²) < 4.78 is 12.9. The van der Waals surface area contributed by atoms with Crippen LogP contribution in [0.3, 0.4) is 0 Å². The van der Waals surface area contributed by atoms with E-state index in [9.17, 15) is 14.3 Å². The molecule has 0 bridgehead atoms. The van der Waals surface area contributed by atoms with Crippen LogP contribution in [0.1, 0.15) is 22.0 Å². The summed E-state index contributed by atoms with van der Waals surface area (Å²) in [6.07, 6.45) is 2.31. The Hall–Kier alpha value is -2.73. The number of amides is 1. The van der Waals surface area contributed by atoms with Crippen molar-refractivity contribution in [3.63, 3.8) is 0 Å². The highest BCUT2D eigenvalue weighted by molar-refractivity contribution is 5.94. The fraction of sp³-hybridized carbons (Fsp3) is 0.222. The first kappa shape index (κ1) is 17.6. The van der Waals surface area contributed by atoms with Crippen molar-refractivity contribution >= 4 is 11.7 Å². The Kier molecular flexibility index (Phi) is 6.03. The van der Waals surface area contributed by atoms with Crippen LogP contribution in [-0.2, 0) is 0 Å². The van der Waals surface area contributed by atoms with Gasteiger partial charge in [-0.05, 0) is 29.8 Å². The van der Waals surface area contributed by atoms with Crippen LogP contribution in [-0.4, -0.2) is 36.1 Å². The maximum atomic E-state index is 12.9. The fourth-order valence-corrected chi connectivity index (χ4v) is 2.16. The fourth-order valence-electron chi connectivity index (χ4n) is 2.16. The van der Waals surface area contributed by atoms with Crippen molar-refractivity contribution in [3.05, 3.63) is 72.2 Å². The first-order chi connectivity index (χ1) is 11.5. The predicted octanol–water partition coefficient (Wildman–Crippen LogP) is 2.31. The molecule has 2 N–H and O–H groups in total. The van der Waals surface area contributed by atoms with Gasteiger partial charge in [0.25, 0.3) is 5.91 Å². The van der Waals surface area contributed by atoms with Gasteiger partial charge in [0.05, 0.1) is 11.7 Å². The van der Waals surface area contributed by atoms with Gasteiger partial charge in [-0.15, -0.1) is 6.58 Å².